The molecule has 0 saturated heterocycles. The minimum absolute atomic E-state index is 0.645. The van der Waals surface area contributed by atoms with Gasteiger partial charge in [0.15, 0.2) is 18.1 Å². The van der Waals surface area contributed by atoms with Gasteiger partial charge in [0.25, 0.3) is 0 Å². The van der Waals surface area contributed by atoms with Gasteiger partial charge in [0.2, 0.25) is 0 Å². The van der Waals surface area contributed by atoms with E-state index in [0.29, 0.717) is 11.1 Å². The second kappa shape index (κ2) is 6.35. The third-order valence-corrected chi connectivity index (χ3v) is 8.16. The SMILES string of the molecule is C=C[SiH](O[SiH](C=C)C(C)C)C(C)C. The molecule has 0 fully saturated rings. The molecule has 0 aliphatic carbocycles. The van der Waals surface area contributed by atoms with Gasteiger partial charge in [-0.25, -0.2) is 0 Å². The first-order chi connectivity index (χ1) is 6.02. The average Bonchev–Trinajstić information content (AvgIpc) is 2.05. The molecule has 0 aliphatic heterocycles. The van der Waals surface area contributed by atoms with E-state index in [1.54, 1.807) is 0 Å². The molecule has 0 bridgehead atoms. The van der Waals surface area contributed by atoms with Crippen molar-refractivity contribution in [1.29, 1.82) is 0 Å². The monoisotopic (exact) mass is 214 g/mol. The molecule has 2 unspecified atom stereocenters. The van der Waals surface area contributed by atoms with Crippen LogP contribution in [0.3, 0.4) is 0 Å². The quantitative estimate of drug-likeness (QED) is 0.618. The van der Waals surface area contributed by atoms with Crippen LogP contribution < -0.4 is 0 Å². The van der Waals surface area contributed by atoms with Crippen LogP contribution in [0.4, 0.5) is 0 Å². The van der Waals surface area contributed by atoms with Gasteiger partial charge in [0.1, 0.15) is 0 Å². The molecule has 0 rings (SSSR count). The molecule has 13 heavy (non-hydrogen) atoms. The summed E-state index contributed by atoms with van der Waals surface area (Å²) in [5.41, 5.74) is 5.37. The molecule has 0 aromatic carbocycles. The fourth-order valence-corrected chi connectivity index (χ4v) is 7.09. The summed E-state index contributed by atoms with van der Waals surface area (Å²) in [6, 6.07) is 0. The molecule has 0 saturated carbocycles. The molecule has 1 nitrogen and oxygen atoms in total. The molecule has 76 valence electrons. The normalized spacial score (nSPS) is 15.8. The van der Waals surface area contributed by atoms with Crippen molar-refractivity contribution in [2.75, 3.05) is 0 Å². The van der Waals surface area contributed by atoms with Crippen LogP contribution in [0.25, 0.3) is 0 Å². The van der Waals surface area contributed by atoms with Crippen LogP contribution in [-0.4, -0.2) is 18.1 Å². The Labute approximate surface area is 86.0 Å². The highest BCUT2D eigenvalue weighted by Gasteiger charge is 2.20. The third-order valence-electron chi connectivity index (χ3n) is 2.09. The molecule has 3 heteroatoms. The van der Waals surface area contributed by atoms with E-state index in [9.17, 15) is 0 Å². The molecular formula is C10H22OSi2. The van der Waals surface area contributed by atoms with Crippen molar-refractivity contribution < 1.29 is 4.12 Å². The van der Waals surface area contributed by atoms with Crippen molar-refractivity contribution in [3.8, 4) is 0 Å². The van der Waals surface area contributed by atoms with Gasteiger partial charge in [-0.1, -0.05) is 39.1 Å². The molecule has 0 aromatic rings. The zero-order valence-electron chi connectivity index (χ0n) is 9.29. The molecule has 0 amide bonds. The van der Waals surface area contributed by atoms with Crippen molar-refractivity contribution >= 4 is 18.1 Å². The summed E-state index contributed by atoms with van der Waals surface area (Å²) >= 11 is 0. The fourth-order valence-electron chi connectivity index (χ4n) is 1.15. The van der Waals surface area contributed by atoms with Crippen LogP contribution in [0.2, 0.25) is 11.1 Å². The van der Waals surface area contributed by atoms with Gasteiger partial charge in [-0.2, -0.15) is 0 Å². The highest BCUT2D eigenvalue weighted by Crippen LogP contribution is 2.16. The van der Waals surface area contributed by atoms with Crippen molar-refractivity contribution in [2.45, 2.75) is 38.8 Å². The van der Waals surface area contributed by atoms with Gasteiger partial charge in [-0.05, 0) is 11.1 Å². The van der Waals surface area contributed by atoms with Crippen LogP contribution in [0.15, 0.2) is 24.6 Å². The summed E-state index contributed by atoms with van der Waals surface area (Å²) in [6.45, 7) is 16.6. The fraction of sp³-hybridized carbons (Fsp3) is 0.600. The lowest BCUT2D eigenvalue weighted by molar-refractivity contribution is 0.573. The van der Waals surface area contributed by atoms with E-state index < -0.39 is 18.1 Å². The van der Waals surface area contributed by atoms with Gasteiger partial charge < -0.3 is 4.12 Å². The van der Waals surface area contributed by atoms with Gasteiger partial charge in [-0.3, -0.25) is 0 Å². The zero-order valence-corrected chi connectivity index (χ0v) is 11.6. The molecule has 0 heterocycles. The maximum absolute atomic E-state index is 6.11. The lowest BCUT2D eigenvalue weighted by Gasteiger charge is -2.23. The largest absolute Gasteiger partial charge is 0.453 e. The van der Waals surface area contributed by atoms with Gasteiger partial charge >= 0.3 is 0 Å². The number of rotatable bonds is 6. The predicted octanol–water partition coefficient (Wildman–Crippen LogP) is 2.72. The van der Waals surface area contributed by atoms with Crippen LogP contribution >= 0.6 is 0 Å². The van der Waals surface area contributed by atoms with Gasteiger partial charge in [-0.15, -0.1) is 13.2 Å². The second-order valence-electron chi connectivity index (χ2n) is 4.02. The Morgan fingerprint density at radius 2 is 1.23 bits per heavy atom. The molecule has 0 aromatic heterocycles. The van der Waals surface area contributed by atoms with E-state index in [1.165, 1.54) is 0 Å². The van der Waals surface area contributed by atoms with Crippen molar-refractivity contribution in [2.24, 2.45) is 0 Å². The molecule has 0 N–H and O–H groups in total. The summed E-state index contributed by atoms with van der Waals surface area (Å²) in [7, 11) is -2.33. The number of hydrogen-bond donors (Lipinski definition) is 0. The van der Waals surface area contributed by atoms with E-state index in [-0.39, 0.29) is 0 Å². The molecule has 2 atom stereocenters. The Hall–Kier alpha value is -0.126. The Kier molecular flexibility index (Phi) is 6.28. The van der Waals surface area contributed by atoms with Crippen LogP contribution in [-0.2, 0) is 4.12 Å². The molecule has 0 aliphatic rings. The lowest BCUT2D eigenvalue weighted by Crippen LogP contribution is -2.30. The summed E-state index contributed by atoms with van der Waals surface area (Å²) in [5.74, 6) is 0. The minimum Gasteiger partial charge on any atom is -0.453 e. The Morgan fingerprint density at radius 1 is 0.923 bits per heavy atom. The first-order valence-corrected chi connectivity index (χ1v) is 8.54. The second-order valence-corrected chi connectivity index (χ2v) is 10.6. The predicted molar refractivity (Wildman–Crippen MR) is 66.0 cm³/mol. The van der Waals surface area contributed by atoms with E-state index in [1.807, 2.05) is 11.4 Å². The van der Waals surface area contributed by atoms with Crippen molar-refractivity contribution in [1.82, 2.24) is 0 Å². The van der Waals surface area contributed by atoms with Crippen molar-refractivity contribution in [3.63, 3.8) is 0 Å². The van der Waals surface area contributed by atoms with Crippen LogP contribution in [0, 0.1) is 0 Å². The van der Waals surface area contributed by atoms with E-state index in [0.717, 1.165) is 0 Å². The standard InChI is InChI=1S/C10H22OSi2/c1-7-12(9(3)4)11-13(8-2)10(5)6/h7-10,12-13H,1-2H2,3-6H3. The van der Waals surface area contributed by atoms with Gasteiger partial charge in [0.05, 0.1) is 0 Å². The van der Waals surface area contributed by atoms with Gasteiger partial charge in [0, 0.05) is 0 Å². The highest BCUT2D eigenvalue weighted by atomic mass is 28.4. The summed E-state index contributed by atoms with van der Waals surface area (Å²) in [4.78, 5) is 0. The Morgan fingerprint density at radius 3 is 1.38 bits per heavy atom. The third kappa shape index (κ3) is 4.59. The first kappa shape index (κ1) is 12.9. The average molecular weight is 214 g/mol. The maximum Gasteiger partial charge on any atom is 0.190 e. The van der Waals surface area contributed by atoms with Crippen molar-refractivity contribution in [3.05, 3.63) is 24.6 Å². The highest BCUT2D eigenvalue weighted by molar-refractivity contribution is 6.72. The molecule has 0 spiro atoms. The first-order valence-electron chi connectivity index (χ1n) is 4.93. The topological polar surface area (TPSA) is 9.23 Å². The zero-order chi connectivity index (χ0) is 10.4. The van der Waals surface area contributed by atoms with E-state index in [2.05, 4.69) is 40.9 Å². The smallest absolute Gasteiger partial charge is 0.190 e. The summed E-state index contributed by atoms with van der Waals surface area (Å²) in [6.07, 6.45) is 0. The Bertz CT molecular complexity index is 148. The summed E-state index contributed by atoms with van der Waals surface area (Å²) < 4.78 is 6.11. The van der Waals surface area contributed by atoms with E-state index >= 15 is 0 Å². The molecule has 0 radical (unpaired) electrons. The van der Waals surface area contributed by atoms with E-state index in [4.69, 9.17) is 4.12 Å². The molecular weight excluding hydrogens is 192 g/mol. The number of hydrogen-bond acceptors (Lipinski definition) is 1. The van der Waals surface area contributed by atoms with Crippen LogP contribution in [0.1, 0.15) is 27.7 Å². The lowest BCUT2D eigenvalue weighted by atomic mass is 10.6. The Balaban J connectivity index is 4.19. The van der Waals surface area contributed by atoms with Crippen LogP contribution in [0.5, 0.6) is 0 Å². The summed E-state index contributed by atoms with van der Waals surface area (Å²) in [5, 5.41) is 0. The minimum atomic E-state index is -1.16. The maximum atomic E-state index is 6.11.